The molecule has 0 amide bonds. The summed E-state index contributed by atoms with van der Waals surface area (Å²) >= 11 is 12.3. The topological polar surface area (TPSA) is 27.1 Å². The molecule has 22 heavy (non-hydrogen) atoms. The van der Waals surface area contributed by atoms with Crippen LogP contribution >= 0.6 is 23.2 Å². The molecule has 5 heteroatoms. The number of aromatic nitrogens is 2. The fourth-order valence-corrected chi connectivity index (χ4v) is 2.57. The van der Waals surface area contributed by atoms with E-state index in [1.807, 2.05) is 29.1 Å². The SMILES string of the molecule is CCCCCCO/C(=C\n1ccnc1)c1ccc(Cl)cc1Cl. The quantitative estimate of drug-likeness (QED) is 0.453. The van der Waals surface area contributed by atoms with E-state index in [1.165, 1.54) is 19.3 Å². The Balaban J connectivity index is 2.14. The van der Waals surface area contributed by atoms with Crippen LogP contribution in [0.15, 0.2) is 36.9 Å². The molecule has 0 aliphatic heterocycles. The highest BCUT2D eigenvalue weighted by Gasteiger charge is 2.09. The van der Waals surface area contributed by atoms with Crippen molar-refractivity contribution >= 4 is 35.2 Å². The summed E-state index contributed by atoms with van der Waals surface area (Å²) in [5.41, 5.74) is 0.829. The Morgan fingerprint density at radius 1 is 1.27 bits per heavy atom. The lowest BCUT2D eigenvalue weighted by atomic mass is 10.2. The van der Waals surface area contributed by atoms with Crippen molar-refractivity contribution in [2.24, 2.45) is 0 Å². The average molecular weight is 339 g/mol. The Morgan fingerprint density at radius 3 is 2.82 bits per heavy atom. The normalized spacial score (nSPS) is 11.7. The molecule has 2 aromatic rings. The molecule has 0 aliphatic rings. The Morgan fingerprint density at radius 2 is 2.14 bits per heavy atom. The molecule has 0 saturated carbocycles. The van der Waals surface area contributed by atoms with Gasteiger partial charge in [-0.2, -0.15) is 0 Å². The lowest BCUT2D eigenvalue weighted by Crippen LogP contribution is -1.98. The molecule has 0 bridgehead atoms. The largest absolute Gasteiger partial charge is 0.491 e. The van der Waals surface area contributed by atoms with Crippen molar-refractivity contribution < 1.29 is 4.74 Å². The van der Waals surface area contributed by atoms with Crippen LogP contribution in [0.1, 0.15) is 38.2 Å². The predicted octanol–water partition coefficient (Wildman–Crippen LogP) is 5.74. The molecule has 1 aromatic heterocycles. The lowest BCUT2D eigenvalue weighted by molar-refractivity contribution is 0.268. The molecule has 0 radical (unpaired) electrons. The highest BCUT2D eigenvalue weighted by molar-refractivity contribution is 6.35. The van der Waals surface area contributed by atoms with Crippen molar-refractivity contribution in [2.75, 3.05) is 6.61 Å². The Hall–Kier alpha value is -1.45. The molecule has 0 fully saturated rings. The molecule has 0 atom stereocenters. The summed E-state index contributed by atoms with van der Waals surface area (Å²) in [6.07, 6.45) is 11.8. The fourth-order valence-electron chi connectivity index (χ4n) is 2.07. The third kappa shape index (κ3) is 5.08. The number of halogens is 2. The van der Waals surface area contributed by atoms with Gasteiger partial charge in [0.25, 0.3) is 0 Å². The molecule has 0 saturated heterocycles. The van der Waals surface area contributed by atoms with E-state index >= 15 is 0 Å². The van der Waals surface area contributed by atoms with Crippen molar-refractivity contribution in [1.29, 1.82) is 0 Å². The first kappa shape index (κ1) is 16.9. The number of hydrogen-bond donors (Lipinski definition) is 0. The minimum absolute atomic E-state index is 0.576. The van der Waals surface area contributed by atoms with Crippen molar-refractivity contribution in [3.05, 3.63) is 52.5 Å². The fraction of sp³-hybridized carbons (Fsp3) is 0.353. The van der Waals surface area contributed by atoms with Gasteiger partial charge in [-0.15, -0.1) is 0 Å². The number of unbranched alkanes of at least 4 members (excludes halogenated alkanes) is 3. The summed E-state index contributed by atoms with van der Waals surface area (Å²) in [4.78, 5) is 4.03. The Labute approximate surface area is 141 Å². The average Bonchev–Trinajstić information content (AvgIpc) is 2.99. The maximum Gasteiger partial charge on any atom is 0.144 e. The van der Waals surface area contributed by atoms with E-state index in [2.05, 4.69) is 11.9 Å². The Kier molecular flexibility index (Phi) is 6.81. The molecular weight excluding hydrogens is 319 g/mol. The van der Waals surface area contributed by atoms with E-state index in [1.54, 1.807) is 18.6 Å². The van der Waals surface area contributed by atoms with Crippen LogP contribution in [0, 0.1) is 0 Å². The third-order valence-corrected chi connectivity index (χ3v) is 3.79. The summed E-state index contributed by atoms with van der Waals surface area (Å²) in [5.74, 6) is 0.719. The molecule has 2 rings (SSSR count). The number of nitrogens with zero attached hydrogens (tertiary/aromatic N) is 2. The highest BCUT2D eigenvalue weighted by atomic mass is 35.5. The molecule has 0 spiro atoms. The molecular formula is C17H20Cl2N2O. The van der Waals surface area contributed by atoms with E-state index in [4.69, 9.17) is 27.9 Å². The summed E-state index contributed by atoms with van der Waals surface area (Å²) in [6, 6.07) is 5.41. The zero-order valence-electron chi connectivity index (χ0n) is 12.6. The van der Waals surface area contributed by atoms with Crippen LogP contribution in [0.4, 0.5) is 0 Å². The number of rotatable bonds is 8. The maximum absolute atomic E-state index is 6.30. The third-order valence-electron chi connectivity index (χ3n) is 3.24. The Bertz CT molecular complexity index is 609. The summed E-state index contributed by atoms with van der Waals surface area (Å²) in [6.45, 7) is 2.86. The van der Waals surface area contributed by atoms with E-state index in [9.17, 15) is 0 Å². The van der Waals surface area contributed by atoms with Crippen molar-refractivity contribution in [3.8, 4) is 0 Å². The van der Waals surface area contributed by atoms with Crippen LogP contribution in [0.2, 0.25) is 10.0 Å². The first-order valence-electron chi connectivity index (χ1n) is 7.48. The molecule has 0 unspecified atom stereocenters. The zero-order valence-corrected chi connectivity index (χ0v) is 14.1. The van der Waals surface area contributed by atoms with Crippen LogP contribution < -0.4 is 0 Å². The molecule has 3 nitrogen and oxygen atoms in total. The van der Waals surface area contributed by atoms with Gasteiger partial charge in [-0.3, -0.25) is 0 Å². The number of imidazole rings is 1. The van der Waals surface area contributed by atoms with Gasteiger partial charge in [0.05, 0.1) is 24.2 Å². The zero-order chi connectivity index (χ0) is 15.8. The van der Waals surface area contributed by atoms with Gasteiger partial charge >= 0.3 is 0 Å². The molecule has 1 aromatic carbocycles. The second-order valence-corrected chi connectivity index (χ2v) is 5.88. The van der Waals surface area contributed by atoms with Crippen LogP contribution in [-0.4, -0.2) is 16.2 Å². The first-order valence-corrected chi connectivity index (χ1v) is 8.23. The van der Waals surface area contributed by atoms with Crippen molar-refractivity contribution in [3.63, 3.8) is 0 Å². The summed E-state index contributed by atoms with van der Waals surface area (Å²) in [5, 5.41) is 1.19. The minimum atomic E-state index is 0.576. The number of ether oxygens (including phenoxy) is 1. The van der Waals surface area contributed by atoms with E-state index in [0.717, 1.165) is 17.7 Å². The number of benzene rings is 1. The van der Waals surface area contributed by atoms with Gasteiger partial charge in [0, 0.05) is 23.0 Å². The molecule has 118 valence electrons. The van der Waals surface area contributed by atoms with Crippen LogP contribution in [0.25, 0.3) is 12.0 Å². The molecule has 0 N–H and O–H groups in total. The lowest BCUT2D eigenvalue weighted by Gasteiger charge is -2.13. The standard InChI is InChI=1S/C17H20Cl2N2O/c1-2-3-4-5-10-22-17(12-21-9-8-20-13-21)15-7-6-14(18)11-16(15)19/h6-9,11-13H,2-5,10H2,1H3/b17-12-. The predicted molar refractivity (Wildman–Crippen MR) is 93.0 cm³/mol. The molecule has 0 aliphatic carbocycles. The second-order valence-electron chi connectivity index (χ2n) is 5.04. The monoisotopic (exact) mass is 338 g/mol. The van der Waals surface area contributed by atoms with E-state index in [-0.39, 0.29) is 0 Å². The van der Waals surface area contributed by atoms with Gasteiger partial charge in [0.2, 0.25) is 0 Å². The smallest absolute Gasteiger partial charge is 0.144 e. The van der Waals surface area contributed by atoms with Crippen molar-refractivity contribution in [2.45, 2.75) is 32.6 Å². The number of hydrogen-bond acceptors (Lipinski definition) is 2. The van der Waals surface area contributed by atoms with Gasteiger partial charge in [-0.1, -0.05) is 49.4 Å². The summed E-state index contributed by atoms with van der Waals surface area (Å²) in [7, 11) is 0. The van der Waals surface area contributed by atoms with Gasteiger partial charge in [-0.25, -0.2) is 4.98 Å². The van der Waals surface area contributed by atoms with Gasteiger partial charge < -0.3 is 9.30 Å². The van der Waals surface area contributed by atoms with Crippen LogP contribution in [-0.2, 0) is 4.74 Å². The van der Waals surface area contributed by atoms with Gasteiger partial charge in [-0.05, 0) is 24.6 Å². The molecule has 1 heterocycles. The van der Waals surface area contributed by atoms with Gasteiger partial charge in [0.15, 0.2) is 0 Å². The highest BCUT2D eigenvalue weighted by Crippen LogP contribution is 2.28. The summed E-state index contributed by atoms with van der Waals surface area (Å²) < 4.78 is 7.79. The van der Waals surface area contributed by atoms with E-state index < -0.39 is 0 Å². The minimum Gasteiger partial charge on any atom is -0.491 e. The first-order chi connectivity index (χ1) is 10.7. The van der Waals surface area contributed by atoms with Crippen LogP contribution in [0.3, 0.4) is 0 Å². The van der Waals surface area contributed by atoms with Gasteiger partial charge in [0.1, 0.15) is 5.76 Å². The van der Waals surface area contributed by atoms with Crippen LogP contribution in [0.5, 0.6) is 0 Å². The van der Waals surface area contributed by atoms with Crippen molar-refractivity contribution in [1.82, 2.24) is 9.55 Å². The van der Waals surface area contributed by atoms with E-state index in [0.29, 0.717) is 16.7 Å². The maximum atomic E-state index is 6.30. The second kappa shape index (κ2) is 8.86.